The van der Waals surface area contributed by atoms with Crippen LogP contribution in [0.4, 0.5) is 0 Å². The number of hydrogen-bond donors (Lipinski definition) is 1. The summed E-state index contributed by atoms with van der Waals surface area (Å²) in [7, 11) is 1.97. The molecule has 3 heteroatoms. The quantitative estimate of drug-likeness (QED) is 0.697. The third kappa shape index (κ3) is 6.18. The Bertz CT molecular complexity index is 430. The summed E-state index contributed by atoms with van der Waals surface area (Å²) >= 11 is 0. The minimum Gasteiger partial charge on any atom is -0.461 e. The molecule has 0 radical (unpaired) electrons. The van der Waals surface area contributed by atoms with Crippen molar-refractivity contribution in [2.75, 3.05) is 20.2 Å². The summed E-state index contributed by atoms with van der Waals surface area (Å²) in [6, 6.07) is 9.22. The molecule has 3 nitrogen and oxygen atoms in total. The fourth-order valence-electron chi connectivity index (χ4n) is 3.38. The molecule has 0 amide bonds. The molecule has 0 aromatic heterocycles. The maximum atomic E-state index is 12.2. The Balaban J connectivity index is 2.80. The maximum Gasteiger partial charge on any atom is 0.338 e. The molecule has 22 heavy (non-hydrogen) atoms. The first-order valence-electron chi connectivity index (χ1n) is 8.25. The standard InChI is InChI=1S/C19H31NO2/c1-15(2)11-19(13-20-5,12-16(3)4)14-22-18(21)17-9-7-6-8-10-17/h6-10,15-16,20H,11-14H2,1-5H3. The van der Waals surface area contributed by atoms with E-state index in [2.05, 4.69) is 33.0 Å². The van der Waals surface area contributed by atoms with Crippen LogP contribution in [-0.4, -0.2) is 26.2 Å². The van der Waals surface area contributed by atoms with E-state index in [-0.39, 0.29) is 11.4 Å². The van der Waals surface area contributed by atoms with E-state index >= 15 is 0 Å². The van der Waals surface area contributed by atoms with Gasteiger partial charge in [-0.25, -0.2) is 4.79 Å². The van der Waals surface area contributed by atoms with E-state index < -0.39 is 0 Å². The van der Waals surface area contributed by atoms with Crippen molar-refractivity contribution in [2.45, 2.75) is 40.5 Å². The van der Waals surface area contributed by atoms with Gasteiger partial charge in [0.2, 0.25) is 0 Å². The highest BCUT2D eigenvalue weighted by Gasteiger charge is 2.33. The van der Waals surface area contributed by atoms with E-state index in [1.54, 1.807) is 12.1 Å². The van der Waals surface area contributed by atoms with Gasteiger partial charge in [0.15, 0.2) is 0 Å². The van der Waals surface area contributed by atoms with Crippen molar-refractivity contribution in [3.05, 3.63) is 35.9 Å². The van der Waals surface area contributed by atoms with Crippen molar-refractivity contribution >= 4 is 5.97 Å². The summed E-state index contributed by atoms with van der Waals surface area (Å²) < 4.78 is 5.67. The average Bonchev–Trinajstić information content (AvgIpc) is 2.44. The normalized spacial score (nSPS) is 12.0. The summed E-state index contributed by atoms with van der Waals surface area (Å²) in [5, 5.41) is 3.29. The molecular formula is C19H31NO2. The smallest absolute Gasteiger partial charge is 0.338 e. The van der Waals surface area contributed by atoms with E-state index in [1.165, 1.54) is 0 Å². The lowest BCUT2D eigenvalue weighted by molar-refractivity contribution is 0.0166. The first-order valence-corrected chi connectivity index (χ1v) is 8.25. The molecule has 0 aliphatic heterocycles. The van der Waals surface area contributed by atoms with E-state index in [4.69, 9.17) is 4.74 Å². The Morgan fingerprint density at radius 3 is 2.09 bits per heavy atom. The first kappa shape index (κ1) is 18.7. The van der Waals surface area contributed by atoms with Gasteiger partial charge in [-0.2, -0.15) is 0 Å². The van der Waals surface area contributed by atoms with Crippen LogP contribution in [0.1, 0.15) is 50.9 Å². The van der Waals surface area contributed by atoms with Crippen LogP contribution in [0.2, 0.25) is 0 Å². The molecule has 0 aliphatic carbocycles. The summed E-state index contributed by atoms with van der Waals surface area (Å²) in [6.07, 6.45) is 2.10. The van der Waals surface area contributed by atoms with Crippen LogP contribution in [0, 0.1) is 17.3 Å². The second-order valence-corrected chi connectivity index (χ2v) is 7.17. The molecule has 0 atom stereocenters. The fraction of sp³-hybridized carbons (Fsp3) is 0.632. The van der Waals surface area contributed by atoms with Crippen molar-refractivity contribution in [1.29, 1.82) is 0 Å². The van der Waals surface area contributed by atoms with Crippen LogP contribution in [-0.2, 0) is 4.74 Å². The lowest BCUT2D eigenvalue weighted by Crippen LogP contribution is -2.40. The van der Waals surface area contributed by atoms with Gasteiger partial charge in [0.1, 0.15) is 0 Å². The van der Waals surface area contributed by atoms with Crippen molar-refractivity contribution in [3.63, 3.8) is 0 Å². The van der Waals surface area contributed by atoms with Gasteiger partial charge in [-0.05, 0) is 43.9 Å². The SMILES string of the molecule is CNCC(COC(=O)c1ccccc1)(CC(C)C)CC(C)C. The second kappa shape index (κ2) is 8.94. The molecule has 0 unspecified atom stereocenters. The summed E-state index contributed by atoms with van der Waals surface area (Å²) in [6.45, 7) is 10.2. The number of hydrogen-bond acceptors (Lipinski definition) is 3. The van der Waals surface area contributed by atoms with Gasteiger partial charge in [0.25, 0.3) is 0 Å². The molecule has 0 spiro atoms. The van der Waals surface area contributed by atoms with Crippen molar-refractivity contribution in [1.82, 2.24) is 5.32 Å². The highest BCUT2D eigenvalue weighted by molar-refractivity contribution is 5.89. The molecule has 0 saturated heterocycles. The monoisotopic (exact) mass is 305 g/mol. The van der Waals surface area contributed by atoms with Gasteiger partial charge >= 0.3 is 5.97 Å². The summed E-state index contributed by atoms with van der Waals surface area (Å²) in [5.74, 6) is 0.915. The molecule has 124 valence electrons. The molecular weight excluding hydrogens is 274 g/mol. The van der Waals surface area contributed by atoms with Crippen LogP contribution in [0.3, 0.4) is 0 Å². The first-order chi connectivity index (χ1) is 10.4. The summed E-state index contributed by atoms with van der Waals surface area (Å²) in [4.78, 5) is 12.2. The van der Waals surface area contributed by atoms with Crippen LogP contribution in [0.5, 0.6) is 0 Å². The van der Waals surface area contributed by atoms with Crippen LogP contribution in [0.15, 0.2) is 30.3 Å². The predicted octanol–water partition coefficient (Wildman–Crippen LogP) is 4.14. The largest absolute Gasteiger partial charge is 0.461 e. The molecule has 1 aromatic carbocycles. The lowest BCUT2D eigenvalue weighted by atomic mass is 9.74. The Morgan fingerprint density at radius 2 is 1.64 bits per heavy atom. The molecule has 0 heterocycles. The van der Waals surface area contributed by atoms with Crippen molar-refractivity contribution in [3.8, 4) is 0 Å². The Hall–Kier alpha value is -1.35. The molecule has 0 fully saturated rings. The van der Waals surface area contributed by atoms with Gasteiger partial charge in [0, 0.05) is 12.0 Å². The van der Waals surface area contributed by atoms with E-state index in [0.717, 1.165) is 19.4 Å². The maximum absolute atomic E-state index is 12.2. The minimum absolute atomic E-state index is 0.00151. The van der Waals surface area contributed by atoms with E-state index in [0.29, 0.717) is 24.0 Å². The van der Waals surface area contributed by atoms with E-state index in [1.807, 2.05) is 25.2 Å². The topological polar surface area (TPSA) is 38.3 Å². The Labute approximate surface area is 135 Å². The highest BCUT2D eigenvalue weighted by atomic mass is 16.5. The second-order valence-electron chi connectivity index (χ2n) is 7.17. The Kier molecular flexibility index (Phi) is 7.60. The van der Waals surface area contributed by atoms with E-state index in [9.17, 15) is 4.79 Å². The zero-order valence-electron chi connectivity index (χ0n) is 14.7. The van der Waals surface area contributed by atoms with Crippen LogP contribution < -0.4 is 5.32 Å². The lowest BCUT2D eigenvalue weighted by Gasteiger charge is -2.36. The molecule has 0 saturated carbocycles. The van der Waals surface area contributed by atoms with Gasteiger partial charge in [-0.15, -0.1) is 0 Å². The number of rotatable bonds is 9. The highest BCUT2D eigenvalue weighted by Crippen LogP contribution is 2.34. The third-order valence-corrected chi connectivity index (χ3v) is 3.75. The third-order valence-electron chi connectivity index (χ3n) is 3.75. The van der Waals surface area contributed by atoms with Gasteiger partial charge < -0.3 is 10.1 Å². The molecule has 0 aliphatic rings. The molecule has 1 rings (SSSR count). The molecule has 0 bridgehead atoms. The van der Waals surface area contributed by atoms with Crippen molar-refractivity contribution < 1.29 is 9.53 Å². The number of ether oxygens (including phenoxy) is 1. The molecule has 1 aromatic rings. The summed E-state index contributed by atoms with van der Waals surface area (Å²) in [5.41, 5.74) is 0.622. The van der Waals surface area contributed by atoms with Crippen LogP contribution in [0.25, 0.3) is 0 Å². The van der Waals surface area contributed by atoms with Gasteiger partial charge in [-0.1, -0.05) is 45.9 Å². The number of esters is 1. The average molecular weight is 305 g/mol. The number of carbonyl (C=O) groups excluding carboxylic acids is 1. The Morgan fingerprint density at radius 1 is 1.09 bits per heavy atom. The zero-order valence-corrected chi connectivity index (χ0v) is 14.7. The van der Waals surface area contributed by atoms with Gasteiger partial charge in [0.05, 0.1) is 12.2 Å². The predicted molar refractivity (Wildman–Crippen MR) is 92.0 cm³/mol. The molecule has 1 N–H and O–H groups in total. The number of nitrogens with one attached hydrogen (secondary N) is 1. The van der Waals surface area contributed by atoms with Crippen LogP contribution >= 0.6 is 0 Å². The fourth-order valence-corrected chi connectivity index (χ4v) is 3.38. The number of benzene rings is 1. The number of carbonyl (C=O) groups is 1. The van der Waals surface area contributed by atoms with Crippen molar-refractivity contribution in [2.24, 2.45) is 17.3 Å². The van der Waals surface area contributed by atoms with Gasteiger partial charge in [-0.3, -0.25) is 0 Å². The zero-order chi connectivity index (χ0) is 16.6. The minimum atomic E-state index is -0.228.